The van der Waals surface area contributed by atoms with Crippen LogP contribution in [0.1, 0.15) is 226 Å². The molecule has 3 atom stereocenters. The first-order chi connectivity index (χ1) is 33.4. The second-order valence-corrected chi connectivity index (χ2v) is 21.3. The molecule has 0 saturated heterocycles. The van der Waals surface area contributed by atoms with Crippen LogP contribution < -0.4 is 5.32 Å². The van der Waals surface area contributed by atoms with E-state index in [1.165, 1.54) is 122 Å². The number of nitrogens with one attached hydrogen (secondary N) is 1. The number of unbranched alkanes of at least 4 members (excludes halogenated alkanes) is 26. The zero-order chi connectivity index (χ0) is 50.8. The van der Waals surface area contributed by atoms with Gasteiger partial charge in [-0.25, -0.2) is 4.57 Å². The number of amides is 1. The Kier molecular flexibility index (Phi) is 46.8. The van der Waals surface area contributed by atoms with Crippen molar-refractivity contribution < 1.29 is 37.3 Å². The van der Waals surface area contributed by atoms with Crippen LogP contribution in [0.5, 0.6) is 0 Å². The molecule has 0 saturated carbocycles. The minimum atomic E-state index is -4.46. The molecule has 0 aliphatic carbocycles. The van der Waals surface area contributed by atoms with Gasteiger partial charge in [0.1, 0.15) is 19.3 Å². The Balaban J connectivity index is 5.43. The van der Waals surface area contributed by atoms with Gasteiger partial charge < -0.3 is 19.4 Å². The van der Waals surface area contributed by atoms with Crippen molar-refractivity contribution in [1.29, 1.82) is 0 Å². The van der Waals surface area contributed by atoms with Gasteiger partial charge in [-0.1, -0.05) is 247 Å². The van der Waals surface area contributed by atoms with Gasteiger partial charge in [0.15, 0.2) is 0 Å². The van der Waals surface area contributed by atoms with Crippen LogP contribution in [0.15, 0.2) is 85.1 Å². The molecular weight excluding hydrogens is 880 g/mol. The van der Waals surface area contributed by atoms with E-state index in [4.69, 9.17) is 13.8 Å². The van der Waals surface area contributed by atoms with Crippen LogP contribution in [0.25, 0.3) is 0 Å². The third-order valence-electron chi connectivity index (χ3n) is 12.0. The molecule has 398 valence electrons. The van der Waals surface area contributed by atoms with Gasteiger partial charge in [-0.05, 0) is 51.0 Å². The lowest BCUT2D eigenvalue weighted by Gasteiger charge is -2.27. The molecule has 0 aliphatic rings. The second-order valence-electron chi connectivity index (χ2n) is 19.9. The van der Waals surface area contributed by atoms with Crippen molar-refractivity contribution in [2.24, 2.45) is 0 Å². The Labute approximate surface area is 425 Å². The van der Waals surface area contributed by atoms with Crippen molar-refractivity contribution in [3.05, 3.63) is 85.1 Å². The number of esters is 1. The van der Waals surface area contributed by atoms with Gasteiger partial charge in [-0.2, -0.15) is 0 Å². The number of allylic oxidation sites excluding steroid dienone is 13. The summed E-state index contributed by atoms with van der Waals surface area (Å²) in [6.07, 6.45) is 62.9. The summed E-state index contributed by atoms with van der Waals surface area (Å²) in [6, 6.07) is -0.872. The number of carbonyl (C=O) groups excluding carboxylic acids is 2. The van der Waals surface area contributed by atoms with E-state index in [1.807, 2.05) is 94.1 Å². The average molecular weight is 986 g/mol. The lowest BCUT2D eigenvalue weighted by molar-refractivity contribution is -0.870. The zero-order valence-electron chi connectivity index (χ0n) is 45.3. The topological polar surface area (TPSA) is 111 Å². The van der Waals surface area contributed by atoms with Gasteiger partial charge >= 0.3 is 13.8 Å². The summed E-state index contributed by atoms with van der Waals surface area (Å²) in [7, 11) is 1.46. The largest absolute Gasteiger partial charge is 0.472 e. The van der Waals surface area contributed by atoms with Gasteiger partial charge in [0, 0.05) is 12.8 Å². The molecule has 0 rings (SSSR count). The molecule has 0 spiro atoms. The Bertz CT molecular complexity index is 1460. The van der Waals surface area contributed by atoms with Crippen LogP contribution in [-0.4, -0.2) is 74.3 Å². The smallest absolute Gasteiger partial charge is 0.456 e. The summed E-state index contributed by atoms with van der Waals surface area (Å²) in [5.74, 6) is -0.558. The predicted octanol–water partition coefficient (Wildman–Crippen LogP) is 16.7. The van der Waals surface area contributed by atoms with E-state index < -0.39 is 20.0 Å². The highest BCUT2D eigenvalue weighted by Crippen LogP contribution is 2.43. The molecule has 2 N–H and O–H groups in total. The van der Waals surface area contributed by atoms with E-state index in [1.54, 1.807) is 0 Å². The summed E-state index contributed by atoms with van der Waals surface area (Å²) in [5, 5.41) is 3.02. The van der Waals surface area contributed by atoms with E-state index in [0.717, 1.165) is 64.2 Å². The third-order valence-corrected chi connectivity index (χ3v) is 13.0. The van der Waals surface area contributed by atoms with E-state index >= 15 is 0 Å². The standard InChI is InChI=1S/C59H105N2O7P/c1-7-10-13-16-19-22-25-27-29-30-32-33-36-39-42-45-48-51-58(62)60-56(55-67-69(64,65)66-54-53-61(4,5)6)57(50-47-44-41-38-35-24-21-18-15-12-9-3)68-59(63)52-49-46-43-40-37-34-31-28-26-23-20-17-14-11-8-2/h10,13,16,19,22,25,27,29-30,32-33,36,47,50,56-57H,7-9,11-12,14-15,17-18,20-21,23-24,26,28,31,34-35,37-46,48-49,51-55H2,1-6H3,(H-,60,62,64,65)/p+1/b13-10-,19-16+,25-22+,29-27-,32-30+,36-33+,50-47+. The first kappa shape index (κ1) is 66.2. The van der Waals surface area contributed by atoms with E-state index in [0.29, 0.717) is 17.4 Å². The molecule has 0 aromatic carbocycles. The molecular formula is C59H106N2O7P+. The first-order valence-corrected chi connectivity index (χ1v) is 29.5. The first-order valence-electron chi connectivity index (χ1n) is 28.0. The van der Waals surface area contributed by atoms with Crippen molar-refractivity contribution in [2.45, 2.75) is 238 Å². The Morgan fingerprint density at radius 3 is 1.41 bits per heavy atom. The van der Waals surface area contributed by atoms with Crippen molar-refractivity contribution in [2.75, 3.05) is 40.9 Å². The average Bonchev–Trinajstić information content (AvgIpc) is 3.31. The number of ether oxygens (including phenoxy) is 1. The highest BCUT2D eigenvalue weighted by Gasteiger charge is 2.30. The van der Waals surface area contributed by atoms with Gasteiger partial charge in [-0.15, -0.1) is 0 Å². The molecule has 0 heterocycles. The molecule has 0 fully saturated rings. The van der Waals surface area contributed by atoms with Crippen LogP contribution in [-0.2, 0) is 27.9 Å². The number of rotatable bonds is 49. The normalized spacial score (nSPS) is 14.5. The van der Waals surface area contributed by atoms with E-state index in [-0.39, 0.29) is 37.9 Å². The van der Waals surface area contributed by atoms with Gasteiger partial charge in [0.2, 0.25) is 5.91 Å². The summed E-state index contributed by atoms with van der Waals surface area (Å²) in [5.41, 5.74) is 0. The Morgan fingerprint density at radius 1 is 0.522 bits per heavy atom. The number of phosphoric acid groups is 1. The molecule has 0 aromatic heterocycles. The summed E-state index contributed by atoms with van der Waals surface area (Å²) < 4.78 is 30.5. The molecule has 0 radical (unpaired) electrons. The third kappa shape index (κ3) is 49.9. The highest BCUT2D eigenvalue weighted by atomic mass is 31.2. The van der Waals surface area contributed by atoms with Crippen LogP contribution >= 0.6 is 7.82 Å². The summed E-state index contributed by atoms with van der Waals surface area (Å²) in [4.78, 5) is 37.5. The fourth-order valence-electron chi connectivity index (χ4n) is 7.68. The molecule has 3 unspecified atom stereocenters. The quantitative estimate of drug-likeness (QED) is 0.0156. The van der Waals surface area contributed by atoms with E-state index in [2.05, 4.69) is 38.2 Å². The second kappa shape index (κ2) is 48.8. The van der Waals surface area contributed by atoms with Crippen LogP contribution in [0.4, 0.5) is 0 Å². The van der Waals surface area contributed by atoms with Crippen molar-refractivity contribution in [3.8, 4) is 0 Å². The lowest BCUT2D eigenvalue weighted by Crippen LogP contribution is -2.47. The Morgan fingerprint density at radius 2 is 0.928 bits per heavy atom. The lowest BCUT2D eigenvalue weighted by atomic mass is 10.0. The number of likely N-dealkylation sites (N-methyl/N-ethyl adjacent to an activating group) is 1. The number of hydrogen-bond donors (Lipinski definition) is 2. The summed E-state index contributed by atoms with van der Waals surface area (Å²) >= 11 is 0. The van der Waals surface area contributed by atoms with Gasteiger partial charge in [-0.3, -0.25) is 18.6 Å². The van der Waals surface area contributed by atoms with Crippen molar-refractivity contribution in [1.82, 2.24) is 5.32 Å². The zero-order valence-corrected chi connectivity index (χ0v) is 46.2. The van der Waals surface area contributed by atoms with Gasteiger partial charge in [0.05, 0.1) is 33.8 Å². The molecule has 9 nitrogen and oxygen atoms in total. The number of nitrogens with zero attached hydrogens (tertiary/aromatic N) is 1. The maximum absolute atomic E-state index is 13.5. The van der Waals surface area contributed by atoms with Crippen LogP contribution in [0, 0.1) is 0 Å². The van der Waals surface area contributed by atoms with Crippen molar-refractivity contribution >= 4 is 19.7 Å². The number of carbonyl (C=O) groups is 2. The number of phosphoric ester groups is 1. The van der Waals surface area contributed by atoms with E-state index in [9.17, 15) is 19.0 Å². The SMILES string of the molecule is CC\C=C/C=C/C=C/C=C\C=C\C=C\CCCCCC(=O)NC(COP(=O)(O)OCC[N+](C)(C)C)C(/C=C/CCCCCCCCCCC)OC(=O)CCCCCCCCCCCCCCCCC. The predicted molar refractivity (Wildman–Crippen MR) is 295 cm³/mol. The Hall–Kier alpha value is -2.81. The molecule has 1 amide bonds. The number of quaternary nitrogens is 1. The fraction of sp³-hybridized carbons (Fsp3) is 0.729. The maximum Gasteiger partial charge on any atom is 0.472 e. The van der Waals surface area contributed by atoms with Crippen molar-refractivity contribution in [3.63, 3.8) is 0 Å². The highest BCUT2D eigenvalue weighted by molar-refractivity contribution is 7.47. The molecule has 0 aromatic rings. The molecule has 10 heteroatoms. The van der Waals surface area contributed by atoms with Crippen LogP contribution in [0.3, 0.4) is 0 Å². The molecule has 69 heavy (non-hydrogen) atoms. The molecule has 0 bridgehead atoms. The maximum atomic E-state index is 13.5. The van der Waals surface area contributed by atoms with Crippen LogP contribution in [0.2, 0.25) is 0 Å². The van der Waals surface area contributed by atoms with Gasteiger partial charge in [0.25, 0.3) is 0 Å². The monoisotopic (exact) mass is 986 g/mol. The minimum Gasteiger partial charge on any atom is -0.456 e. The fourth-order valence-corrected chi connectivity index (χ4v) is 8.41. The minimum absolute atomic E-state index is 0.0281. The number of hydrogen-bond acceptors (Lipinski definition) is 6. The summed E-state index contributed by atoms with van der Waals surface area (Å²) in [6.45, 7) is 6.81. The molecule has 0 aliphatic heterocycles.